The normalized spacial score (nSPS) is 11.2. The molecule has 0 radical (unpaired) electrons. The molecule has 0 bridgehead atoms. The van der Waals surface area contributed by atoms with E-state index in [4.69, 9.17) is 5.73 Å². The molecule has 1 aromatic heterocycles. The van der Waals surface area contributed by atoms with Crippen LogP contribution in [-0.4, -0.2) is 9.55 Å². The maximum Gasteiger partial charge on any atom is 0.261 e. The molecule has 0 amide bonds. The van der Waals surface area contributed by atoms with Crippen LogP contribution in [0.3, 0.4) is 0 Å². The summed E-state index contributed by atoms with van der Waals surface area (Å²) in [7, 11) is 0. The van der Waals surface area contributed by atoms with Crippen molar-refractivity contribution in [2.24, 2.45) is 5.73 Å². The minimum atomic E-state index is -0.0606. The topological polar surface area (TPSA) is 60.9 Å². The zero-order valence-corrected chi connectivity index (χ0v) is 13.4. The number of fused-ring (bicyclic) bond motifs is 1. The van der Waals surface area contributed by atoms with E-state index in [1.165, 1.54) is 6.20 Å². The molecule has 24 heavy (non-hydrogen) atoms. The molecule has 1 heterocycles. The highest BCUT2D eigenvalue weighted by atomic mass is 16.1. The number of aromatic nitrogens is 2. The minimum Gasteiger partial charge on any atom is -0.405 e. The fraction of sp³-hybridized carbons (Fsp3) is 0.100. The van der Waals surface area contributed by atoms with Gasteiger partial charge in [0.05, 0.1) is 10.9 Å². The van der Waals surface area contributed by atoms with Crippen molar-refractivity contribution in [3.05, 3.63) is 95.2 Å². The van der Waals surface area contributed by atoms with Crippen LogP contribution in [0, 0.1) is 0 Å². The molecule has 120 valence electrons. The van der Waals surface area contributed by atoms with Crippen molar-refractivity contribution < 1.29 is 0 Å². The zero-order chi connectivity index (χ0) is 16.9. The Hall–Kier alpha value is -3.14. The second-order valence-corrected chi connectivity index (χ2v) is 5.54. The summed E-state index contributed by atoms with van der Waals surface area (Å²) in [6, 6.07) is 17.3. The molecule has 0 fully saturated rings. The predicted octanol–water partition coefficient (Wildman–Crippen LogP) is 3.12. The molecule has 0 aliphatic rings. The van der Waals surface area contributed by atoms with Gasteiger partial charge in [0.25, 0.3) is 5.56 Å². The third-order valence-corrected chi connectivity index (χ3v) is 3.92. The molecular formula is C20H19N3O. The summed E-state index contributed by atoms with van der Waals surface area (Å²) in [5, 5.41) is 0.608. The third kappa shape index (κ3) is 3.13. The number of para-hydroxylation sites is 1. The largest absolute Gasteiger partial charge is 0.405 e. The summed E-state index contributed by atoms with van der Waals surface area (Å²) in [4.78, 5) is 17.5. The maximum atomic E-state index is 12.8. The van der Waals surface area contributed by atoms with Gasteiger partial charge in [-0.05, 0) is 35.5 Å². The summed E-state index contributed by atoms with van der Waals surface area (Å²) in [5.41, 5.74) is 8.05. The first-order chi connectivity index (χ1) is 11.7. The molecule has 0 saturated heterocycles. The van der Waals surface area contributed by atoms with Crippen molar-refractivity contribution in [1.82, 2.24) is 9.55 Å². The second-order valence-electron chi connectivity index (χ2n) is 5.54. The molecule has 4 nitrogen and oxygen atoms in total. The minimum absolute atomic E-state index is 0.0606. The fourth-order valence-electron chi connectivity index (χ4n) is 2.67. The number of allylic oxidation sites excluding steroid dienone is 2. The van der Waals surface area contributed by atoms with Gasteiger partial charge in [0.2, 0.25) is 0 Å². The molecule has 2 aromatic carbocycles. The number of nitrogens with two attached hydrogens (primary N) is 1. The van der Waals surface area contributed by atoms with Gasteiger partial charge in [-0.1, -0.05) is 49.0 Å². The van der Waals surface area contributed by atoms with Gasteiger partial charge in [0.1, 0.15) is 5.82 Å². The Labute approximate surface area is 140 Å². The summed E-state index contributed by atoms with van der Waals surface area (Å²) in [6.07, 6.45) is 3.69. The molecule has 0 atom stereocenters. The lowest BCUT2D eigenvalue weighted by Gasteiger charge is -2.13. The molecule has 3 aromatic rings. The summed E-state index contributed by atoms with van der Waals surface area (Å²) in [6.45, 7) is 4.55. The van der Waals surface area contributed by atoms with Crippen molar-refractivity contribution in [2.75, 3.05) is 0 Å². The van der Waals surface area contributed by atoms with Crippen molar-refractivity contribution >= 4 is 16.5 Å². The fourth-order valence-corrected chi connectivity index (χ4v) is 2.67. The van der Waals surface area contributed by atoms with Crippen molar-refractivity contribution in [2.45, 2.75) is 13.0 Å². The Morgan fingerprint density at radius 1 is 1.12 bits per heavy atom. The first-order valence-electron chi connectivity index (χ1n) is 7.79. The Kier molecular flexibility index (Phi) is 4.57. The smallest absolute Gasteiger partial charge is 0.261 e. The Morgan fingerprint density at radius 2 is 1.83 bits per heavy atom. The molecule has 4 heteroatoms. The van der Waals surface area contributed by atoms with Crippen LogP contribution in [0.1, 0.15) is 11.4 Å². The van der Waals surface area contributed by atoms with Gasteiger partial charge in [-0.25, -0.2) is 4.98 Å². The molecule has 0 aliphatic heterocycles. The van der Waals surface area contributed by atoms with Gasteiger partial charge in [-0.2, -0.15) is 0 Å². The average Bonchev–Trinajstić information content (AvgIpc) is 2.62. The van der Waals surface area contributed by atoms with Gasteiger partial charge in [0.15, 0.2) is 0 Å². The monoisotopic (exact) mass is 317 g/mol. The van der Waals surface area contributed by atoms with Gasteiger partial charge in [0, 0.05) is 13.0 Å². The zero-order valence-electron chi connectivity index (χ0n) is 13.4. The Balaban J connectivity index is 2.08. The predicted molar refractivity (Wildman–Crippen MR) is 98.5 cm³/mol. The quantitative estimate of drug-likeness (QED) is 0.786. The molecule has 0 unspecified atom stereocenters. The molecule has 0 saturated carbocycles. The van der Waals surface area contributed by atoms with Crippen LogP contribution in [-0.2, 0) is 13.0 Å². The van der Waals surface area contributed by atoms with Crippen LogP contribution >= 0.6 is 0 Å². The number of nitrogens with zero attached hydrogens (tertiary/aromatic N) is 2. The molecule has 0 spiro atoms. The van der Waals surface area contributed by atoms with Gasteiger partial charge < -0.3 is 5.73 Å². The van der Waals surface area contributed by atoms with E-state index in [0.29, 0.717) is 29.7 Å². The maximum absolute atomic E-state index is 12.8. The lowest BCUT2D eigenvalue weighted by atomic mass is 10.0. The third-order valence-electron chi connectivity index (χ3n) is 3.92. The van der Waals surface area contributed by atoms with Crippen molar-refractivity contribution in [1.29, 1.82) is 0 Å². The van der Waals surface area contributed by atoms with Crippen molar-refractivity contribution in [3.63, 3.8) is 0 Å². The SMILES string of the molecule is C=C(Cc1nc2ccccc2c(=O)n1C/C=C/N)c1ccccc1. The van der Waals surface area contributed by atoms with E-state index in [1.807, 2.05) is 48.5 Å². The first kappa shape index (κ1) is 15.7. The van der Waals surface area contributed by atoms with Gasteiger partial charge >= 0.3 is 0 Å². The number of hydrogen-bond donors (Lipinski definition) is 1. The van der Waals surface area contributed by atoms with Crippen LogP contribution in [0.25, 0.3) is 16.5 Å². The molecule has 3 rings (SSSR count). The Morgan fingerprint density at radius 3 is 2.58 bits per heavy atom. The van der Waals surface area contributed by atoms with E-state index in [9.17, 15) is 4.79 Å². The number of hydrogen-bond acceptors (Lipinski definition) is 3. The average molecular weight is 317 g/mol. The standard InChI is InChI=1S/C20H19N3O/c1-15(16-8-3-2-4-9-16)14-19-22-18-11-6-5-10-17(18)20(24)23(19)13-7-12-21/h2-12H,1,13-14,21H2/b12-7+. The summed E-state index contributed by atoms with van der Waals surface area (Å²) in [5.74, 6) is 0.686. The van der Waals surface area contributed by atoms with Crippen LogP contribution < -0.4 is 11.3 Å². The summed E-state index contributed by atoms with van der Waals surface area (Å²) >= 11 is 0. The van der Waals surface area contributed by atoms with E-state index in [1.54, 1.807) is 16.7 Å². The first-order valence-corrected chi connectivity index (χ1v) is 7.79. The second kappa shape index (κ2) is 6.96. The van der Waals surface area contributed by atoms with E-state index in [0.717, 1.165) is 11.1 Å². The highest BCUT2D eigenvalue weighted by molar-refractivity contribution is 5.77. The lowest BCUT2D eigenvalue weighted by Crippen LogP contribution is -2.25. The van der Waals surface area contributed by atoms with Gasteiger partial charge in [-0.3, -0.25) is 9.36 Å². The lowest BCUT2D eigenvalue weighted by molar-refractivity contribution is 0.713. The van der Waals surface area contributed by atoms with Crippen LogP contribution in [0.5, 0.6) is 0 Å². The van der Waals surface area contributed by atoms with Crippen LogP contribution in [0.2, 0.25) is 0 Å². The molecular weight excluding hydrogens is 298 g/mol. The van der Waals surface area contributed by atoms with E-state index < -0.39 is 0 Å². The highest BCUT2D eigenvalue weighted by Crippen LogP contribution is 2.17. The van der Waals surface area contributed by atoms with Crippen LogP contribution in [0.15, 0.2) is 78.2 Å². The summed E-state index contributed by atoms with van der Waals surface area (Å²) < 4.78 is 1.65. The van der Waals surface area contributed by atoms with E-state index in [2.05, 4.69) is 11.6 Å². The number of benzene rings is 2. The highest BCUT2D eigenvalue weighted by Gasteiger charge is 2.11. The molecule has 0 aliphatic carbocycles. The van der Waals surface area contributed by atoms with Crippen molar-refractivity contribution in [3.8, 4) is 0 Å². The van der Waals surface area contributed by atoms with Crippen LogP contribution in [0.4, 0.5) is 0 Å². The van der Waals surface area contributed by atoms with Gasteiger partial charge in [-0.15, -0.1) is 0 Å². The number of rotatable bonds is 5. The molecule has 2 N–H and O–H groups in total. The van der Waals surface area contributed by atoms with E-state index >= 15 is 0 Å². The van der Waals surface area contributed by atoms with E-state index in [-0.39, 0.29) is 5.56 Å². The Bertz CT molecular complexity index is 956.